The van der Waals surface area contributed by atoms with E-state index < -0.39 is 0 Å². The number of piperidine rings is 1. The van der Waals surface area contributed by atoms with E-state index in [9.17, 15) is 4.79 Å². The molecular formula is C20H31N3O. The number of hydrogen-bond acceptors (Lipinski definition) is 2. The molecule has 3 aliphatic rings. The molecule has 132 valence electrons. The molecule has 1 aromatic rings. The molecule has 0 radical (unpaired) electrons. The second-order valence-corrected chi connectivity index (χ2v) is 8.36. The molecule has 1 aliphatic heterocycles. The highest BCUT2D eigenvalue weighted by atomic mass is 16.2. The summed E-state index contributed by atoms with van der Waals surface area (Å²) in [7, 11) is 1.98. The average molecular weight is 329 g/mol. The summed E-state index contributed by atoms with van der Waals surface area (Å²) in [5, 5.41) is 4.29. The van der Waals surface area contributed by atoms with Crippen LogP contribution in [0, 0.1) is 17.8 Å². The van der Waals surface area contributed by atoms with Crippen LogP contribution >= 0.6 is 0 Å². The molecule has 0 unspecified atom stereocenters. The number of hydrogen-bond donors (Lipinski definition) is 0. The molecule has 0 bridgehead atoms. The zero-order valence-electron chi connectivity index (χ0n) is 15.0. The number of amides is 1. The van der Waals surface area contributed by atoms with Crippen LogP contribution < -0.4 is 0 Å². The van der Waals surface area contributed by atoms with Crippen LogP contribution in [-0.4, -0.2) is 33.7 Å². The van der Waals surface area contributed by atoms with Crippen LogP contribution in [0.1, 0.15) is 69.3 Å². The van der Waals surface area contributed by atoms with E-state index in [1.165, 1.54) is 44.1 Å². The van der Waals surface area contributed by atoms with Crippen molar-refractivity contribution in [2.45, 2.75) is 63.7 Å². The molecule has 2 aliphatic carbocycles. The van der Waals surface area contributed by atoms with E-state index >= 15 is 0 Å². The van der Waals surface area contributed by atoms with Crippen molar-refractivity contribution in [1.82, 2.24) is 14.7 Å². The number of nitrogens with zero attached hydrogens (tertiary/aromatic N) is 3. The van der Waals surface area contributed by atoms with Crippen molar-refractivity contribution >= 4 is 5.91 Å². The van der Waals surface area contributed by atoms with Crippen molar-refractivity contribution in [3.63, 3.8) is 0 Å². The number of aryl methyl sites for hydroxylation is 1. The Morgan fingerprint density at radius 3 is 2.50 bits per heavy atom. The first-order valence-corrected chi connectivity index (χ1v) is 9.98. The van der Waals surface area contributed by atoms with Crippen molar-refractivity contribution in [1.29, 1.82) is 0 Å². The van der Waals surface area contributed by atoms with Gasteiger partial charge in [-0.1, -0.05) is 25.7 Å². The third-order valence-electron chi connectivity index (χ3n) is 6.89. The first-order valence-electron chi connectivity index (χ1n) is 9.98. The molecule has 1 aromatic heterocycles. The molecule has 0 spiro atoms. The predicted octanol–water partition coefficient (Wildman–Crippen LogP) is 3.73. The van der Waals surface area contributed by atoms with Gasteiger partial charge in [-0.15, -0.1) is 0 Å². The highest BCUT2D eigenvalue weighted by molar-refractivity contribution is 5.79. The summed E-state index contributed by atoms with van der Waals surface area (Å²) in [4.78, 5) is 15.2. The Morgan fingerprint density at radius 1 is 1.04 bits per heavy atom. The Kier molecular flexibility index (Phi) is 4.64. The van der Waals surface area contributed by atoms with Crippen LogP contribution in [0.25, 0.3) is 0 Å². The molecule has 1 saturated heterocycles. The fourth-order valence-electron chi connectivity index (χ4n) is 5.44. The lowest BCUT2D eigenvalue weighted by atomic mass is 9.67. The third kappa shape index (κ3) is 3.25. The summed E-state index contributed by atoms with van der Waals surface area (Å²) in [5.41, 5.74) is 1.34. The minimum atomic E-state index is 0.319. The molecule has 1 amide bonds. The van der Waals surface area contributed by atoms with Crippen molar-refractivity contribution < 1.29 is 4.79 Å². The summed E-state index contributed by atoms with van der Waals surface area (Å²) in [6.45, 7) is 1.87. The van der Waals surface area contributed by atoms with Gasteiger partial charge < -0.3 is 4.90 Å². The molecule has 2 heterocycles. The highest BCUT2D eigenvalue weighted by Gasteiger charge is 2.37. The predicted molar refractivity (Wildman–Crippen MR) is 94.6 cm³/mol. The molecule has 0 N–H and O–H groups in total. The standard InChI is InChI=1S/C20H31N3O/c1-22-14-19(13-21-22)16-8-10-23(11-9-16)20(24)18-7-6-15-4-2-3-5-17(15)12-18/h13-18H,2-12H2,1H3/t15-,17-,18-/m1/s1. The monoisotopic (exact) mass is 329 g/mol. The topological polar surface area (TPSA) is 38.1 Å². The second kappa shape index (κ2) is 6.89. The maximum absolute atomic E-state index is 13.0. The van der Waals surface area contributed by atoms with Gasteiger partial charge in [-0.05, 0) is 55.4 Å². The van der Waals surface area contributed by atoms with Crippen LogP contribution in [0.4, 0.5) is 0 Å². The van der Waals surface area contributed by atoms with E-state index in [1.54, 1.807) is 0 Å². The summed E-state index contributed by atoms with van der Waals surface area (Å²) in [6.07, 6.45) is 15.5. The molecule has 4 nitrogen and oxygen atoms in total. The summed E-state index contributed by atoms with van der Waals surface area (Å²) >= 11 is 0. The molecule has 24 heavy (non-hydrogen) atoms. The maximum Gasteiger partial charge on any atom is 0.225 e. The van der Waals surface area contributed by atoms with Crippen LogP contribution in [-0.2, 0) is 11.8 Å². The van der Waals surface area contributed by atoms with Gasteiger partial charge >= 0.3 is 0 Å². The first-order chi connectivity index (χ1) is 11.7. The van der Waals surface area contributed by atoms with Gasteiger partial charge in [-0.3, -0.25) is 9.48 Å². The number of likely N-dealkylation sites (tertiary alicyclic amines) is 1. The largest absolute Gasteiger partial charge is 0.342 e. The lowest BCUT2D eigenvalue weighted by Crippen LogP contribution is -2.43. The molecule has 4 rings (SSSR count). The van der Waals surface area contributed by atoms with Crippen LogP contribution in [0.3, 0.4) is 0 Å². The van der Waals surface area contributed by atoms with Crippen LogP contribution in [0.15, 0.2) is 12.4 Å². The Balaban J connectivity index is 1.31. The van der Waals surface area contributed by atoms with Crippen molar-refractivity contribution in [2.24, 2.45) is 24.8 Å². The van der Waals surface area contributed by atoms with Gasteiger partial charge in [-0.25, -0.2) is 0 Å². The molecule has 4 heteroatoms. The molecule has 2 saturated carbocycles. The van der Waals surface area contributed by atoms with E-state index in [1.807, 2.05) is 17.9 Å². The number of carbonyl (C=O) groups excluding carboxylic acids is 1. The quantitative estimate of drug-likeness (QED) is 0.829. The minimum Gasteiger partial charge on any atom is -0.342 e. The van der Waals surface area contributed by atoms with Gasteiger partial charge in [0.1, 0.15) is 0 Å². The SMILES string of the molecule is Cn1cc(C2CCN(C(=O)[C@@H]3CC[C@H]4CCCC[C@@H]4C3)CC2)cn1. The zero-order chi connectivity index (χ0) is 16.5. The van der Waals surface area contributed by atoms with Gasteiger partial charge in [0.05, 0.1) is 6.20 Å². The van der Waals surface area contributed by atoms with E-state index in [2.05, 4.69) is 16.2 Å². The second-order valence-electron chi connectivity index (χ2n) is 8.36. The third-order valence-corrected chi connectivity index (χ3v) is 6.89. The summed E-state index contributed by atoms with van der Waals surface area (Å²) in [5.74, 6) is 3.13. The Bertz CT molecular complexity index is 573. The zero-order valence-corrected chi connectivity index (χ0v) is 15.0. The lowest BCUT2D eigenvalue weighted by molar-refractivity contribution is -0.139. The fourth-order valence-corrected chi connectivity index (χ4v) is 5.44. The normalized spacial score (nSPS) is 31.7. The first kappa shape index (κ1) is 16.2. The minimum absolute atomic E-state index is 0.319. The number of rotatable bonds is 2. The average Bonchev–Trinajstić information content (AvgIpc) is 3.07. The number of carbonyl (C=O) groups is 1. The highest BCUT2D eigenvalue weighted by Crippen LogP contribution is 2.43. The molecule has 3 atom stereocenters. The van der Waals surface area contributed by atoms with Crippen LogP contribution in [0.5, 0.6) is 0 Å². The molecular weight excluding hydrogens is 298 g/mol. The fraction of sp³-hybridized carbons (Fsp3) is 0.800. The molecule has 3 fully saturated rings. The van der Waals surface area contributed by atoms with E-state index in [0.717, 1.165) is 44.2 Å². The van der Waals surface area contributed by atoms with E-state index in [4.69, 9.17) is 0 Å². The van der Waals surface area contributed by atoms with E-state index in [-0.39, 0.29) is 0 Å². The van der Waals surface area contributed by atoms with Gasteiger partial charge in [0.25, 0.3) is 0 Å². The van der Waals surface area contributed by atoms with Gasteiger partial charge in [0.15, 0.2) is 0 Å². The Hall–Kier alpha value is -1.32. The maximum atomic E-state index is 13.0. The summed E-state index contributed by atoms with van der Waals surface area (Å²) < 4.78 is 1.88. The number of fused-ring (bicyclic) bond motifs is 1. The lowest BCUT2D eigenvalue weighted by Gasteiger charge is -2.41. The number of aromatic nitrogens is 2. The Morgan fingerprint density at radius 2 is 1.79 bits per heavy atom. The van der Waals surface area contributed by atoms with Gasteiger partial charge in [0.2, 0.25) is 5.91 Å². The van der Waals surface area contributed by atoms with Gasteiger partial charge in [0, 0.05) is 32.3 Å². The smallest absolute Gasteiger partial charge is 0.225 e. The van der Waals surface area contributed by atoms with Crippen molar-refractivity contribution in [3.8, 4) is 0 Å². The van der Waals surface area contributed by atoms with E-state index in [0.29, 0.717) is 17.7 Å². The van der Waals surface area contributed by atoms with Crippen LogP contribution in [0.2, 0.25) is 0 Å². The van der Waals surface area contributed by atoms with Crippen molar-refractivity contribution in [3.05, 3.63) is 18.0 Å². The molecule has 0 aromatic carbocycles. The summed E-state index contributed by atoms with van der Waals surface area (Å²) in [6, 6.07) is 0. The van der Waals surface area contributed by atoms with Crippen molar-refractivity contribution in [2.75, 3.05) is 13.1 Å². The Labute approximate surface area is 145 Å². The van der Waals surface area contributed by atoms with Gasteiger partial charge in [-0.2, -0.15) is 5.10 Å².